The minimum Gasteiger partial charge on any atom is -0.508 e. The molecule has 0 bridgehead atoms. The highest BCUT2D eigenvalue weighted by molar-refractivity contribution is 7.13. The van der Waals surface area contributed by atoms with Crippen molar-refractivity contribution in [1.29, 1.82) is 0 Å². The van der Waals surface area contributed by atoms with Crippen LogP contribution in [0, 0.1) is 11.8 Å². The smallest absolute Gasteiger partial charge is 0.255 e. The number of Topliss-reactive ketones (excluding diaryl/α,β-unsaturated/α-hetero) is 2. The Morgan fingerprint density at radius 2 is 1.89 bits per heavy atom. The summed E-state index contributed by atoms with van der Waals surface area (Å²) in [6.07, 6.45) is 0.321. The molecular weight excluding hydrogens is 472 g/mol. The molecule has 10 heteroatoms. The van der Waals surface area contributed by atoms with Gasteiger partial charge >= 0.3 is 0 Å². The third kappa shape index (κ3) is 3.03. The Hall–Kier alpha value is -3.47. The van der Waals surface area contributed by atoms with Crippen LogP contribution in [0.25, 0.3) is 16.2 Å². The third-order valence-electron chi connectivity index (χ3n) is 7.39. The molecule has 6 N–H and O–H groups in total. The first kappa shape index (κ1) is 23.3. The fraction of sp³-hybridized carbons (Fsp3) is 0.320. The number of rotatable bonds is 3. The minimum absolute atomic E-state index is 0.0608. The topological polar surface area (TPSA) is 161 Å². The number of aliphatic hydroxyl groups excluding tert-OH is 2. The van der Waals surface area contributed by atoms with E-state index in [2.05, 4.69) is 0 Å². The van der Waals surface area contributed by atoms with Crippen LogP contribution in [0.4, 0.5) is 0 Å². The number of carbonyl (C=O) groups is 3. The molecule has 1 saturated carbocycles. The van der Waals surface area contributed by atoms with E-state index in [1.807, 2.05) is 17.5 Å². The lowest BCUT2D eigenvalue weighted by atomic mass is 9.57. The number of benzene rings is 1. The number of aromatic hydroxyl groups is 1. The van der Waals surface area contributed by atoms with Gasteiger partial charge in [0.25, 0.3) is 5.91 Å². The highest BCUT2D eigenvalue weighted by Crippen LogP contribution is 2.53. The van der Waals surface area contributed by atoms with Crippen LogP contribution >= 0.6 is 11.3 Å². The number of thiophene rings is 1. The van der Waals surface area contributed by atoms with Gasteiger partial charge in [-0.1, -0.05) is 6.07 Å². The van der Waals surface area contributed by atoms with E-state index >= 15 is 0 Å². The lowest BCUT2D eigenvalue weighted by Gasteiger charge is -2.50. The zero-order valence-electron chi connectivity index (χ0n) is 19.0. The first-order valence-electron chi connectivity index (χ1n) is 11.0. The van der Waals surface area contributed by atoms with Crippen LogP contribution < -0.4 is 5.73 Å². The van der Waals surface area contributed by atoms with Crippen molar-refractivity contribution in [3.8, 4) is 16.2 Å². The van der Waals surface area contributed by atoms with E-state index in [0.29, 0.717) is 5.56 Å². The van der Waals surface area contributed by atoms with Gasteiger partial charge in [0.2, 0.25) is 5.78 Å². The van der Waals surface area contributed by atoms with Gasteiger partial charge in [0.05, 0.1) is 11.6 Å². The molecule has 0 radical (unpaired) electrons. The number of likely N-dealkylation sites (N-methyl/N-ethyl adjacent to an activating group) is 1. The summed E-state index contributed by atoms with van der Waals surface area (Å²) < 4.78 is 0. The predicted octanol–water partition coefficient (Wildman–Crippen LogP) is 1.69. The molecular formula is C25H24N2O7S. The number of primary amides is 1. The van der Waals surface area contributed by atoms with Gasteiger partial charge in [-0.2, -0.15) is 0 Å². The summed E-state index contributed by atoms with van der Waals surface area (Å²) in [5, 5.41) is 46.2. The molecule has 182 valence electrons. The predicted molar refractivity (Wildman–Crippen MR) is 128 cm³/mol. The van der Waals surface area contributed by atoms with E-state index in [-0.39, 0.29) is 29.7 Å². The van der Waals surface area contributed by atoms with Crippen molar-refractivity contribution in [3.63, 3.8) is 0 Å². The molecule has 3 aliphatic carbocycles. The van der Waals surface area contributed by atoms with E-state index in [9.17, 15) is 34.8 Å². The minimum atomic E-state index is -2.63. The Morgan fingerprint density at radius 3 is 2.49 bits per heavy atom. The molecule has 35 heavy (non-hydrogen) atoms. The highest BCUT2D eigenvalue weighted by atomic mass is 32.1. The maximum absolute atomic E-state index is 13.8. The number of aliphatic hydroxyl groups is 3. The standard InChI is InChI=1S/C25H24N2O7S/c1-27(2)19-13-9-10-8-12-11(15-4-3-7-35-15)5-6-14(28)17(12)20(29)16(10)22(31)25(13,34)23(32)18(21(19)30)24(26)33/h3-7,10,13,19,28-29,32,34H,8-9H2,1-2H3,(H2,26,33). The van der Waals surface area contributed by atoms with E-state index in [1.54, 1.807) is 20.2 Å². The van der Waals surface area contributed by atoms with Crippen LogP contribution in [0.2, 0.25) is 0 Å². The number of fused-ring (bicyclic) bond motifs is 3. The Bertz CT molecular complexity index is 1360. The normalized spacial score (nSPS) is 28.2. The number of nitrogens with zero attached hydrogens (tertiary/aromatic N) is 1. The highest BCUT2D eigenvalue weighted by Gasteiger charge is 2.64. The molecule has 1 amide bonds. The number of ketones is 2. The summed E-state index contributed by atoms with van der Waals surface area (Å²) in [5.74, 6) is -6.55. The maximum Gasteiger partial charge on any atom is 0.255 e. The molecule has 5 rings (SSSR count). The fourth-order valence-electron chi connectivity index (χ4n) is 5.91. The van der Waals surface area contributed by atoms with Crippen LogP contribution in [0.5, 0.6) is 5.75 Å². The summed E-state index contributed by atoms with van der Waals surface area (Å²) >= 11 is 1.49. The van der Waals surface area contributed by atoms with Gasteiger partial charge in [-0.25, -0.2) is 0 Å². The van der Waals surface area contributed by atoms with Gasteiger partial charge in [0.1, 0.15) is 22.8 Å². The summed E-state index contributed by atoms with van der Waals surface area (Å²) in [6.45, 7) is 0. The molecule has 0 spiro atoms. The molecule has 0 saturated heterocycles. The summed E-state index contributed by atoms with van der Waals surface area (Å²) in [6, 6.07) is 5.87. The molecule has 0 aliphatic heterocycles. The van der Waals surface area contributed by atoms with Gasteiger partial charge in [0, 0.05) is 16.4 Å². The lowest BCUT2D eigenvalue weighted by molar-refractivity contribution is -0.153. The number of amides is 1. The van der Waals surface area contributed by atoms with Gasteiger partial charge in [0.15, 0.2) is 11.4 Å². The number of phenolic OH excluding ortho intramolecular Hbond substituents is 1. The quantitative estimate of drug-likeness (QED) is 0.401. The average Bonchev–Trinajstić information content (AvgIpc) is 3.30. The van der Waals surface area contributed by atoms with Gasteiger partial charge in [-0.05, 0) is 67.6 Å². The Balaban J connectivity index is 1.75. The van der Waals surface area contributed by atoms with E-state index in [4.69, 9.17) is 5.73 Å². The molecule has 2 aromatic rings. The summed E-state index contributed by atoms with van der Waals surface area (Å²) in [4.78, 5) is 41.3. The summed E-state index contributed by atoms with van der Waals surface area (Å²) in [5.41, 5.74) is 3.26. The molecule has 4 atom stereocenters. The average molecular weight is 497 g/mol. The first-order valence-corrected chi connectivity index (χ1v) is 11.9. The van der Waals surface area contributed by atoms with Crippen molar-refractivity contribution in [2.75, 3.05) is 14.1 Å². The number of hydrogen-bond acceptors (Lipinski definition) is 9. The molecule has 1 heterocycles. The van der Waals surface area contributed by atoms with Crippen molar-refractivity contribution in [3.05, 3.63) is 57.7 Å². The second kappa shape index (κ2) is 7.77. The van der Waals surface area contributed by atoms with Crippen LogP contribution in [0.1, 0.15) is 17.5 Å². The van der Waals surface area contributed by atoms with Gasteiger partial charge in [-0.3, -0.25) is 19.3 Å². The molecule has 9 nitrogen and oxygen atoms in total. The third-order valence-corrected chi connectivity index (χ3v) is 8.29. The molecule has 3 aliphatic rings. The SMILES string of the molecule is CN(C)C1C(=O)C(C(N)=O)=C(O)C2(O)C(=O)C3=C(O)c4c(O)ccc(-c5cccs5)c4CC3CC12. The zero-order valence-corrected chi connectivity index (χ0v) is 19.8. The van der Waals surface area contributed by atoms with Crippen molar-refractivity contribution >= 4 is 34.6 Å². The number of hydrogen-bond donors (Lipinski definition) is 5. The van der Waals surface area contributed by atoms with E-state index in [0.717, 1.165) is 10.4 Å². The summed E-state index contributed by atoms with van der Waals surface area (Å²) in [7, 11) is 3.14. The van der Waals surface area contributed by atoms with Crippen LogP contribution in [0.15, 0.2) is 46.6 Å². The molecule has 1 aromatic heterocycles. The first-order chi connectivity index (χ1) is 16.5. The second-order valence-corrected chi connectivity index (χ2v) is 10.4. The van der Waals surface area contributed by atoms with E-state index < -0.39 is 58.0 Å². The van der Waals surface area contributed by atoms with E-state index in [1.165, 1.54) is 22.3 Å². The van der Waals surface area contributed by atoms with Gasteiger partial charge in [-0.15, -0.1) is 11.3 Å². The van der Waals surface area contributed by atoms with Crippen LogP contribution in [-0.4, -0.2) is 68.5 Å². The zero-order chi connectivity index (χ0) is 25.4. The largest absolute Gasteiger partial charge is 0.508 e. The number of nitrogens with two attached hydrogens (primary N) is 1. The van der Waals surface area contributed by atoms with Crippen LogP contribution in [-0.2, 0) is 20.8 Å². The molecule has 1 fully saturated rings. The van der Waals surface area contributed by atoms with Crippen molar-refractivity contribution in [2.45, 2.75) is 24.5 Å². The van der Waals surface area contributed by atoms with Crippen LogP contribution in [0.3, 0.4) is 0 Å². The monoisotopic (exact) mass is 496 g/mol. The fourth-order valence-corrected chi connectivity index (χ4v) is 6.69. The molecule has 1 aromatic carbocycles. The number of carbonyl (C=O) groups excluding carboxylic acids is 3. The Morgan fingerprint density at radius 1 is 1.17 bits per heavy atom. The van der Waals surface area contributed by atoms with Crippen molar-refractivity contribution in [2.24, 2.45) is 17.6 Å². The van der Waals surface area contributed by atoms with Crippen molar-refractivity contribution in [1.82, 2.24) is 4.90 Å². The Labute approximate surface area is 204 Å². The van der Waals surface area contributed by atoms with Crippen molar-refractivity contribution < 1.29 is 34.8 Å². The lowest BCUT2D eigenvalue weighted by Crippen LogP contribution is -2.65. The second-order valence-electron chi connectivity index (χ2n) is 9.42. The molecule has 4 unspecified atom stereocenters. The Kier molecular flexibility index (Phi) is 5.17. The van der Waals surface area contributed by atoms with Gasteiger partial charge < -0.3 is 26.2 Å². The number of phenols is 1. The maximum atomic E-state index is 13.8.